The van der Waals surface area contributed by atoms with Crippen LogP contribution in [-0.4, -0.2) is 32.7 Å². The number of phenolic OH excluding ortho intramolecular Hbond substituents is 1. The Hall–Kier alpha value is -2.17. The number of phenols is 1. The van der Waals surface area contributed by atoms with Gasteiger partial charge in [0.05, 0.1) is 21.3 Å². The highest BCUT2D eigenvalue weighted by molar-refractivity contribution is 5.78. The number of aldehydes is 1. The maximum absolute atomic E-state index is 10.3. The lowest BCUT2D eigenvalue weighted by atomic mass is 10.1. The number of methoxy groups -OCH3 is 3. The first kappa shape index (κ1) is 12.9. The predicted molar refractivity (Wildman–Crippen MR) is 62.9 cm³/mol. The topological polar surface area (TPSA) is 65.0 Å². The average molecular weight is 238 g/mol. The fourth-order valence-electron chi connectivity index (χ4n) is 1.45. The molecule has 0 amide bonds. The number of rotatable bonds is 5. The molecule has 0 aromatic heterocycles. The van der Waals surface area contributed by atoms with Gasteiger partial charge in [-0.3, -0.25) is 4.79 Å². The van der Waals surface area contributed by atoms with Crippen molar-refractivity contribution in [3.05, 3.63) is 17.7 Å². The lowest BCUT2D eigenvalue weighted by molar-refractivity contribution is -0.104. The summed E-state index contributed by atoms with van der Waals surface area (Å²) < 4.78 is 15.2. The van der Waals surface area contributed by atoms with Crippen LogP contribution in [0.1, 0.15) is 5.56 Å². The molecule has 0 aliphatic rings. The van der Waals surface area contributed by atoms with Gasteiger partial charge in [-0.25, -0.2) is 0 Å². The Morgan fingerprint density at radius 1 is 1.12 bits per heavy atom. The third-order valence-corrected chi connectivity index (χ3v) is 2.19. The van der Waals surface area contributed by atoms with Crippen molar-refractivity contribution < 1.29 is 24.1 Å². The van der Waals surface area contributed by atoms with Gasteiger partial charge in [-0.15, -0.1) is 0 Å². The van der Waals surface area contributed by atoms with Gasteiger partial charge in [0, 0.05) is 5.56 Å². The Kier molecular flexibility index (Phi) is 4.39. The SMILES string of the molecule is COc1cc(C=CC=O)c(OC)c(OC)c1O. The molecule has 1 rings (SSSR count). The van der Waals surface area contributed by atoms with Gasteiger partial charge in [0.25, 0.3) is 0 Å². The lowest BCUT2D eigenvalue weighted by Crippen LogP contribution is -1.96. The third kappa shape index (κ3) is 2.50. The van der Waals surface area contributed by atoms with Crippen molar-refractivity contribution in [2.24, 2.45) is 0 Å². The molecule has 0 aliphatic carbocycles. The van der Waals surface area contributed by atoms with E-state index in [9.17, 15) is 9.90 Å². The Bertz CT molecular complexity index is 437. The van der Waals surface area contributed by atoms with E-state index in [2.05, 4.69) is 0 Å². The summed E-state index contributed by atoms with van der Waals surface area (Å²) in [5.41, 5.74) is 0.575. The summed E-state index contributed by atoms with van der Waals surface area (Å²) >= 11 is 0. The number of carbonyl (C=O) groups is 1. The van der Waals surface area contributed by atoms with E-state index < -0.39 is 0 Å². The van der Waals surface area contributed by atoms with Crippen LogP contribution in [0.25, 0.3) is 6.08 Å². The molecule has 1 aromatic rings. The second-order valence-corrected chi connectivity index (χ2v) is 3.08. The van der Waals surface area contributed by atoms with Gasteiger partial charge in [0.15, 0.2) is 11.5 Å². The van der Waals surface area contributed by atoms with Crippen molar-refractivity contribution in [1.82, 2.24) is 0 Å². The molecule has 0 aliphatic heterocycles. The van der Waals surface area contributed by atoms with Crippen molar-refractivity contribution in [3.8, 4) is 23.0 Å². The monoisotopic (exact) mass is 238 g/mol. The van der Waals surface area contributed by atoms with Crippen molar-refractivity contribution in [3.63, 3.8) is 0 Å². The van der Waals surface area contributed by atoms with Crippen molar-refractivity contribution in [2.75, 3.05) is 21.3 Å². The second-order valence-electron chi connectivity index (χ2n) is 3.08. The number of benzene rings is 1. The molecule has 92 valence electrons. The van der Waals surface area contributed by atoms with Crippen LogP contribution < -0.4 is 14.2 Å². The molecule has 0 fully saturated rings. The molecular weight excluding hydrogens is 224 g/mol. The molecule has 0 heterocycles. The summed E-state index contributed by atoms with van der Waals surface area (Å²) in [6.07, 6.45) is 3.50. The van der Waals surface area contributed by atoms with E-state index in [4.69, 9.17) is 14.2 Å². The van der Waals surface area contributed by atoms with Gasteiger partial charge >= 0.3 is 0 Å². The minimum absolute atomic E-state index is 0.143. The van der Waals surface area contributed by atoms with Crippen LogP contribution in [0.5, 0.6) is 23.0 Å². The third-order valence-electron chi connectivity index (χ3n) is 2.19. The summed E-state index contributed by atoms with van der Waals surface area (Å²) in [6.45, 7) is 0. The first-order chi connectivity index (χ1) is 8.19. The van der Waals surface area contributed by atoms with E-state index in [-0.39, 0.29) is 17.2 Å². The summed E-state index contributed by atoms with van der Waals surface area (Å²) in [4.78, 5) is 10.3. The molecule has 17 heavy (non-hydrogen) atoms. The molecule has 0 unspecified atom stereocenters. The van der Waals surface area contributed by atoms with Gasteiger partial charge in [-0.05, 0) is 18.2 Å². The van der Waals surface area contributed by atoms with E-state index in [0.29, 0.717) is 17.6 Å². The Balaban J connectivity index is 3.46. The van der Waals surface area contributed by atoms with Crippen LogP contribution in [0.2, 0.25) is 0 Å². The number of hydrogen-bond donors (Lipinski definition) is 1. The van der Waals surface area contributed by atoms with Crippen LogP contribution in [0.15, 0.2) is 12.1 Å². The molecular formula is C12H14O5. The number of carbonyl (C=O) groups excluding carboxylic acids is 1. The van der Waals surface area contributed by atoms with Crippen LogP contribution in [0.4, 0.5) is 0 Å². The minimum Gasteiger partial charge on any atom is -0.502 e. The summed E-state index contributed by atoms with van der Waals surface area (Å²) in [6, 6.07) is 1.55. The second kappa shape index (κ2) is 5.79. The molecule has 1 N–H and O–H groups in total. The molecule has 0 saturated carbocycles. The molecule has 1 aromatic carbocycles. The van der Waals surface area contributed by atoms with Crippen molar-refractivity contribution in [1.29, 1.82) is 0 Å². The minimum atomic E-state index is -0.143. The Morgan fingerprint density at radius 3 is 2.24 bits per heavy atom. The fraction of sp³-hybridized carbons (Fsp3) is 0.250. The molecule has 0 radical (unpaired) electrons. The van der Waals surface area contributed by atoms with Crippen LogP contribution >= 0.6 is 0 Å². The van der Waals surface area contributed by atoms with E-state index in [1.165, 1.54) is 33.5 Å². The Morgan fingerprint density at radius 2 is 1.76 bits per heavy atom. The zero-order valence-corrected chi connectivity index (χ0v) is 9.89. The van der Waals surface area contributed by atoms with Crippen molar-refractivity contribution >= 4 is 12.4 Å². The maximum Gasteiger partial charge on any atom is 0.207 e. The smallest absolute Gasteiger partial charge is 0.207 e. The number of aromatic hydroxyl groups is 1. The first-order valence-corrected chi connectivity index (χ1v) is 4.83. The van der Waals surface area contributed by atoms with E-state index in [1.807, 2.05) is 0 Å². The van der Waals surface area contributed by atoms with Crippen LogP contribution in [-0.2, 0) is 4.79 Å². The van der Waals surface area contributed by atoms with Gasteiger partial charge < -0.3 is 19.3 Å². The summed E-state index contributed by atoms with van der Waals surface area (Å²) in [7, 11) is 4.28. The highest BCUT2D eigenvalue weighted by Crippen LogP contribution is 2.46. The summed E-state index contributed by atoms with van der Waals surface area (Å²) in [5, 5.41) is 9.83. The molecule has 5 heteroatoms. The number of ether oxygens (including phenoxy) is 3. The first-order valence-electron chi connectivity index (χ1n) is 4.83. The van der Waals surface area contributed by atoms with Crippen LogP contribution in [0.3, 0.4) is 0 Å². The van der Waals surface area contributed by atoms with Crippen LogP contribution in [0, 0.1) is 0 Å². The zero-order valence-electron chi connectivity index (χ0n) is 9.89. The zero-order chi connectivity index (χ0) is 12.8. The molecule has 0 saturated heterocycles. The van der Waals surface area contributed by atoms with Gasteiger partial charge in [0.1, 0.15) is 6.29 Å². The van der Waals surface area contributed by atoms with Gasteiger partial charge in [0.2, 0.25) is 11.5 Å². The lowest BCUT2D eigenvalue weighted by Gasteiger charge is -2.14. The van der Waals surface area contributed by atoms with E-state index in [0.717, 1.165) is 0 Å². The Labute approximate surface area is 99.2 Å². The quantitative estimate of drug-likeness (QED) is 0.624. The average Bonchev–Trinajstić information content (AvgIpc) is 2.36. The number of allylic oxidation sites excluding steroid dienone is 1. The normalized spacial score (nSPS) is 10.3. The van der Waals surface area contributed by atoms with E-state index in [1.54, 1.807) is 6.07 Å². The van der Waals surface area contributed by atoms with Gasteiger partial charge in [-0.1, -0.05) is 0 Å². The molecule has 0 bridgehead atoms. The predicted octanol–water partition coefficient (Wildman–Crippen LogP) is 1.63. The largest absolute Gasteiger partial charge is 0.502 e. The number of hydrogen-bond acceptors (Lipinski definition) is 5. The molecule has 0 spiro atoms. The molecule has 0 atom stereocenters. The maximum atomic E-state index is 10.3. The van der Waals surface area contributed by atoms with E-state index >= 15 is 0 Å². The van der Waals surface area contributed by atoms with Gasteiger partial charge in [-0.2, -0.15) is 0 Å². The molecule has 5 nitrogen and oxygen atoms in total. The standard InChI is InChI=1S/C12H14O5/c1-15-9-7-8(5-4-6-13)11(16-2)12(17-3)10(9)14/h4-7,14H,1-3H3. The fourth-order valence-corrected chi connectivity index (χ4v) is 1.45. The highest BCUT2D eigenvalue weighted by atomic mass is 16.5. The van der Waals surface area contributed by atoms with Crippen molar-refractivity contribution in [2.45, 2.75) is 0 Å². The summed E-state index contributed by atoms with van der Waals surface area (Å²) in [5.74, 6) is 0.601. The highest BCUT2D eigenvalue weighted by Gasteiger charge is 2.18.